The van der Waals surface area contributed by atoms with Crippen LogP contribution in [0.3, 0.4) is 0 Å². The maximum Gasteiger partial charge on any atom is 0.0342 e. The van der Waals surface area contributed by atoms with Crippen LogP contribution in [0.4, 0.5) is 0 Å². The molecule has 4 heteroatoms. The Kier molecular flexibility index (Phi) is 6.87. The Morgan fingerprint density at radius 2 is 2.06 bits per heavy atom. The van der Waals surface area contributed by atoms with Crippen LogP contribution in [0.1, 0.15) is 26.2 Å². The third kappa shape index (κ3) is 5.38. The number of unbranched alkanes of at least 4 members (excludes halogenated alkanes) is 2. The van der Waals surface area contributed by atoms with Crippen LogP contribution in [-0.2, 0) is 0 Å². The zero-order valence-corrected chi connectivity index (χ0v) is 10.9. The van der Waals surface area contributed by atoms with Gasteiger partial charge in [0.2, 0.25) is 0 Å². The highest BCUT2D eigenvalue weighted by Gasteiger charge is 1.87. The van der Waals surface area contributed by atoms with E-state index in [0.717, 1.165) is 6.42 Å². The lowest BCUT2D eigenvalue weighted by molar-refractivity contribution is 0.725. The molecule has 0 bridgehead atoms. The van der Waals surface area contributed by atoms with E-state index in [4.69, 9.17) is 5.53 Å². The predicted molar refractivity (Wildman–Crippen MR) is 75.4 cm³/mol. The molecule has 0 aliphatic rings. The summed E-state index contributed by atoms with van der Waals surface area (Å²) in [7, 11) is 0. The third-order valence-corrected chi connectivity index (χ3v) is 3.18. The quantitative estimate of drug-likeness (QED) is 0.301. The summed E-state index contributed by atoms with van der Waals surface area (Å²) in [6.45, 7) is 2.78. The molecule has 1 heterocycles. The molecule has 90 valence electrons. The second-order valence-corrected chi connectivity index (χ2v) is 4.57. The van der Waals surface area contributed by atoms with Gasteiger partial charge in [-0.1, -0.05) is 43.1 Å². The van der Waals surface area contributed by atoms with Crippen LogP contribution in [0.25, 0.3) is 20.5 Å². The second-order valence-electron chi connectivity index (χ2n) is 3.62. The van der Waals surface area contributed by atoms with E-state index in [1.165, 1.54) is 22.9 Å². The largest absolute Gasteiger partial charge is 0.144 e. The predicted octanol–water partition coefficient (Wildman–Crippen LogP) is 5.39. The van der Waals surface area contributed by atoms with Crippen LogP contribution in [0.15, 0.2) is 40.8 Å². The Hall–Kier alpha value is -1.51. The number of nitrogens with zero attached hydrogens (tertiary/aromatic N) is 3. The van der Waals surface area contributed by atoms with E-state index in [1.54, 1.807) is 11.3 Å². The molecule has 0 aliphatic carbocycles. The molecule has 0 saturated carbocycles. The Bertz CT molecular complexity index is 442. The van der Waals surface area contributed by atoms with Gasteiger partial charge in [-0.2, -0.15) is 0 Å². The van der Waals surface area contributed by atoms with Crippen molar-refractivity contribution >= 4 is 21.4 Å². The van der Waals surface area contributed by atoms with E-state index in [0.29, 0.717) is 6.54 Å². The fourth-order valence-electron chi connectivity index (χ4n) is 1.38. The van der Waals surface area contributed by atoms with Crippen LogP contribution in [-0.4, -0.2) is 6.54 Å². The van der Waals surface area contributed by atoms with E-state index in [2.05, 4.69) is 52.7 Å². The Balaban J connectivity index is 0.000000172. The molecular weight excluding hydrogens is 230 g/mol. The topological polar surface area (TPSA) is 48.8 Å². The molecule has 2 rings (SSSR count). The molecule has 0 fully saturated rings. The van der Waals surface area contributed by atoms with Gasteiger partial charge in [-0.15, -0.1) is 11.3 Å². The summed E-state index contributed by atoms with van der Waals surface area (Å²) in [5, 5.41) is 6.86. The summed E-state index contributed by atoms with van der Waals surface area (Å²) < 4.78 is 1.37. The van der Waals surface area contributed by atoms with E-state index in [9.17, 15) is 0 Å². The summed E-state index contributed by atoms with van der Waals surface area (Å²) in [6.07, 6.45) is 3.38. The van der Waals surface area contributed by atoms with Crippen LogP contribution < -0.4 is 0 Å². The lowest BCUT2D eigenvalue weighted by Gasteiger charge is -1.86. The summed E-state index contributed by atoms with van der Waals surface area (Å²) in [6, 6.07) is 10.5. The van der Waals surface area contributed by atoms with Gasteiger partial charge in [-0.3, -0.25) is 0 Å². The van der Waals surface area contributed by atoms with Crippen molar-refractivity contribution in [1.82, 2.24) is 0 Å². The van der Waals surface area contributed by atoms with Crippen molar-refractivity contribution < 1.29 is 0 Å². The molecule has 17 heavy (non-hydrogen) atoms. The lowest BCUT2D eigenvalue weighted by Crippen LogP contribution is -1.76. The monoisotopic (exact) mass is 247 g/mol. The number of thiophene rings is 1. The van der Waals surface area contributed by atoms with E-state index in [1.807, 2.05) is 0 Å². The first-order valence-electron chi connectivity index (χ1n) is 5.81. The number of azide groups is 1. The third-order valence-electron chi connectivity index (χ3n) is 2.29. The van der Waals surface area contributed by atoms with E-state index in [-0.39, 0.29) is 0 Å². The SMILES string of the molecule is CCCCCN=[N+]=[N-].c1ccc2sccc2c1. The van der Waals surface area contributed by atoms with Gasteiger partial charge >= 0.3 is 0 Å². The molecule has 1 aromatic heterocycles. The molecule has 0 radical (unpaired) electrons. The molecular formula is C13H17N3S. The van der Waals surface area contributed by atoms with Crippen molar-refractivity contribution in [1.29, 1.82) is 0 Å². The first-order valence-corrected chi connectivity index (χ1v) is 6.69. The minimum atomic E-state index is 0.657. The number of fused-ring (bicyclic) bond motifs is 1. The fraction of sp³-hybridized carbons (Fsp3) is 0.385. The zero-order valence-electron chi connectivity index (χ0n) is 10.0. The van der Waals surface area contributed by atoms with Gasteiger partial charge in [0.25, 0.3) is 0 Å². The van der Waals surface area contributed by atoms with Crippen molar-refractivity contribution in [2.24, 2.45) is 5.11 Å². The molecule has 0 aliphatic heterocycles. The van der Waals surface area contributed by atoms with Crippen LogP contribution in [0.5, 0.6) is 0 Å². The fourth-order valence-corrected chi connectivity index (χ4v) is 2.17. The van der Waals surface area contributed by atoms with Crippen molar-refractivity contribution in [2.45, 2.75) is 26.2 Å². The number of hydrogen-bond donors (Lipinski definition) is 0. The first-order chi connectivity index (χ1) is 8.38. The van der Waals surface area contributed by atoms with Crippen molar-refractivity contribution in [3.63, 3.8) is 0 Å². The van der Waals surface area contributed by atoms with Gasteiger partial charge in [0.05, 0.1) is 0 Å². The highest BCUT2D eigenvalue weighted by Crippen LogP contribution is 2.18. The van der Waals surface area contributed by atoms with Crippen molar-refractivity contribution in [3.8, 4) is 0 Å². The van der Waals surface area contributed by atoms with Crippen molar-refractivity contribution in [3.05, 3.63) is 46.2 Å². The van der Waals surface area contributed by atoms with Crippen LogP contribution >= 0.6 is 11.3 Å². The molecule has 0 atom stereocenters. The number of hydrogen-bond acceptors (Lipinski definition) is 2. The average Bonchev–Trinajstić information content (AvgIpc) is 2.84. The number of rotatable bonds is 4. The van der Waals surface area contributed by atoms with Crippen LogP contribution in [0, 0.1) is 0 Å². The van der Waals surface area contributed by atoms with Gasteiger partial charge in [0.1, 0.15) is 0 Å². The molecule has 0 saturated heterocycles. The highest BCUT2D eigenvalue weighted by molar-refractivity contribution is 7.17. The second kappa shape index (κ2) is 8.62. The average molecular weight is 247 g/mol. The molecule has 0 spiro atoms. The van der Waals surface area contributed by atoms with Gasteiger partial charge in [0.15, 0.2) is 0 Å². The van der Waals surface area contributed by atoms with Gasteiger partial charge in [-0.05, 0) is 34.9 Å². The highest BCUT2D eigenvalue weighted by atomic mass is 32.1. The maximum absolute atomic E-state index is 7.82. The molecule has 1 aromatic carbocycles. The molecule has 0 N–H and O–H groups in total. The van der Waals surface area contributed by atoms with Gasteiger partial charge in [-0.25, -0.2) is 0 Å². The minimum Gasteiger partial charge on any atom is -0.144 e. The molecule has 3 nitrogen and oxygen atoms in total. The summed E-state index contributed by atoms with van der Waals surface area (Å²) in [5.41, 5.74) is 7.82. The Morgan fingerprint density at radius 3 is 2.76 bits per heavy atom. The lowest BCUT2D eigenvalue weighted by atomic mass is 10.3. The van der Waals surface area contributed by atoms with Crippen LogP contribution in [0.2, 0.25) is 0 Å². The Labute approximate surface area is 106 Å². The smallest absolute Gasteiger partial charge is 0.0342 e. The van der Waals surface area contributed by atoms with Gasteiger partial charge in [0, 0.05) is 16.2 Å². The Morgan fingerprint density at radius 1 is 1.24 bits per heavy atom. The maximum atomic E-state index is 7.82. The summed E-state index contributed by atoms with van der Waals surface area (Å²) >= 11 is 1.79. The van der Waals surface area contributed by atoms with E-state index < -0.39 is 0 Å². The summed E-state index contributed by atoms with van der Waals surface area (Å²) in [5.74, 6) is 0. The van der Waals surface area contributed by atoms with Crippen molar-refractivity contribution in [2.75, 3.05) is 6.54 Å². The van der Waals surface area contributed by atoms with Gasteiger partial charge < -0.3 is 0 Å². The van der Waals surface area contributed by atoms with E-state index >= 15 is 0 Å². The summed E-state index contributed by atoms with van der Waals surface area (Å²) in [4.78, 5) is 2.63. The minimum absolute atomic E-state index is 0.657. The molecule has 0 amide bonds. The zero-order chi connectivity index (χ0) is 12.3. The molecule has 2 aromatic rings. The first kappa shape index (κ1) is 13.6. The standard InChI is InChI=1S/C8H6S.C5H11N3/c1-2-4-8-7(3-1)5-6-9-8;1-2-3-4-5-7-8-6/h1-6H;2-5H2,1H3. The normalized spacial score (nSPS) is 9.24. The molecule has 0 unspecified atom stereocenters. The number of benzene rings is 1.